The number of carbonyl (C=O) groups excluding carboxylic acids is 2. The van der Waals surface area contributed by atoms with Gasteiger partial charge in [0, 0.05) is 43.9 Å². The highest BCUT2D eigenvalue weighted by Gasteiger charge is 2.34. The Hall–Kier alpha value is -3.27. The highest BCUT2D eigenvalue weighted by atomic mass is 16.5. The number of quaternary nitrogens is 1. The monoisotopic (exact) mass is 720 g/mol. The van der Waals surface area contributed by atoms with Crippen molar-refractivity contribution < 1.29 is 28.7 Å². The number of piperidine rings is 1. The van der Waals surface area contributed by atoms with Crippen LogP contribution in [0.4, 0.5) is 11.4 Å². The molecule has 2 saturated heterocycles. The second-order valence-electron chi connectivity index (χ2n) is 15.6. The van der Waals surface area contributed by atoms with Crippen molar-refractivity contribution in [3.63, 3.8) is 0 Å². The van der Waals surface area contributed by atoms with Crippen LogP contribution in [0, 0.1) is 27.7 Å². The Bertz CT molecular complexity index is 1410. The number of aliphatic carboxylic acids is 1. The average molecular weight is 720 g/mol. The summed E-state index contributed by atoms with van der Waals surface area (Å²) in [6, 6.07) is 12.3. The number of aryl methyl sites for hydroxylation is 4. The minimum atomic E-state index is -0.751. The summed E-state index contributed by atoms with van der Waals surface area (Å²) in [4.78, 5) is 43.9. The standard InChI is InChI=1S/C43H66N4O5/c1-34-19-15-20-35(2)41(34)44-39(48)33-47(29-14-8-9-24-40(49)50)28-13-7-5-6-11-27-46(42-36(3)21-16-22-37(42)4)43(51)38-23-10-12-25-45(38)26-17-31-52-32-18-30-47/h15-16,19-22,38H,5-14,17-18,23-33H2,1-4H3,(H-,44,48,49,50)/p+1. The molecule has 2 fully saturated rings. The molecule has 0 radical (unpaired) electrons. The van der Waals surface area contributed by atoms with Crippen molar-refractivity contribution in [1.29, 1.82) is 0 Å². The van der Waals surface area contributed by atoms with Gasteiger partial charge in [-0.25, -0.2) is 0 Å². The largest absolute Gasteiger partial charge is 0.481 e. The fourth-order valence-corrected chi connectivity index (χ4v) is 8.47. The van der Waals surface area contributed by atoms with E-state index < -0.39 is 5.97 Å². The summed E-state index contributed by atoms with van der Waals surface area (Å²) in [6.07, 6.45) is 12.6. The van der Waals surface area contributed by atoms with Crippen molar-refractivity contribution >= 4 is 29.2 Å². The number of carboxylic acid groups (broad SMARTS) is 1. The van der Waals surface area contributed by atoms with Crippen LogP contribution in [0.5, 0.6) is 0 Å². The third-order valence-electron chi connectivity index (χ3n) is 11.3. The molecular formula is C43H67N4O5+. The van der Waals surface area contributed by atoms with Crippen LogP contribution in [0.15, 0.2) is 36.4 Å². The highest BCUT2D eigenvalue weighted by Crippen LogP contribution is 2.29. The predicted molar refractivity (Wildman–Crippen MR) is 211 cm³/mol. The molecule has 0 saturated carbocycles. The lowest BCUT2D eigenvalue weighted by atomic mass is 9.98. The molecule has 288 valence electrons. The van der Waals surface area contributed by atoms with E-state index in [1.54, 1.807) is 0 Å². The van der Waals surface area contributed by atoms with E-state index in [1.807, 2.05) is 32.0 Å². The smallest absolute Gasteiger partial charge is 0.303 e. The van der Waals surface area contributed by atoms with Crippen molar-refractivity contribution in [1.82, 2.24) is 4.90 Å². The van der Waals surface area contributed by atoms with Crippen molar-refractivity contribution in [2.45, 2.75) is 124 Å². The molecule has 2 aromatic carbocycles. The Morgan fingerprint density at radius 2 is 1.38 bits per heavy atom. The molecule has 2 heterocycles. The molecule has 2 N–H and O–H groups in total. The lowest BCUT2D eigenvalue weighted by Crippen LogP contribution is -2.54. The number of para-hydroxylation sites is 2. The first-order valence-electron chi connectivity index (χ1n) is 20.2. The van der Waals surface area contributed by atoms with Crippen molar-refractivity contribution in [3.8, 4) is 0 Å². The van der Waals surface area contributed by atoms with Gasteiger partial charge in [-0.1, -0.05) is 55.7 Å². The van der Waals surface area contributed by atoms with Crippen LogP contribution < -0.4 is 10.2 Å². The summed E-state index contributed by atoms with van der Waals surface area (Å²) in [7, 11) is 0. The Morgan fingerprint density at radius 1 is 0.769 bits per heavy atom. The lowest BCUT2D eigenvalue weighted by molar-refractivity contribution is -0.921. The first kappa shape index (κ1) is 41.5. The Kier molecular flexibility index (Phi) is 17.1. The van der Waals surface area contributed by atoms with Gasteiger partial charge in [0.15, 0.2) is 6.54 Å². The molecular weight excluding hydrogens is 652 g/mol. The SMILES string of the molecule is Cc1cccc(C)c1NC(=O)C[N+]1(CCCCCC(=O)O)CCCCCCCN(c2c(C)cccc2C)C(=O)C2CCCCN2CCCOCCC1. The molecule has 0 aliphatic carbocycles. The normalized spacial score (nSPS) is 22.1. The first-order valence-corrected chi connectivity index (χ1v) is 20.2. The third-order valence-corrected chi connectivity index (χ3v) is 11.3. The van der Waals surface area contributed by atoms with Gasteiger partial charge in [0.1, 0.15) is 0 Å². The number of carbonyl (C=O) groups is 3. The number of nitrogens with zero attached hydrogens (tertiary/aromatic N) is 3. The van der Waals surface area contributed by atoms with E-state index in [-0.39, 0.29) is 24.3 Å². The van der Waals surface area contributed by atoms with Crippen LogP contribution in [0.2, 0.25) is 0 Å². The van der Waals surface area contributed by atoms with E-state index >= 15 is 0 Å². The fraction of sp³-hybridized carbons (Fsp3) is 0.651. The van der Waals surface area contributed by atoms with Crippen LogP contribution in [0.3, 0.4) is 0 Å². The van der Waals surface area contributed by atoms with Crippen LogP contribution in [0.1, 0.15) is 112 Å². The Morgan fingerprint density at radius 3 is 2.12 bits per heavy atom. The summed E-state index contributed by atoms with van der Waals surface area (Å²) in [5.74, 6) is -0.464. The van der Waals surface area contributed by atoms with E-state index in [2.05, 4.69) is 47.2 Å². The molecule has 9 nitrogen and oxygen atoms in total. The predicted octanol–water partition coefficient (Wildman–Crippen LogP) is 7.97. The molecule has 2 aliphatic rings. The first-order chi connectivity index (χ1) is 25.1. The average Bonchev–Trinajstić information content (AvgIpc) is 3.11. The van der Waals surface area contributed by atoms with Crippen molar-refractivity contribution in [2.24, 2.45) is 0 Å². The van der Waals surface area contributed by atoms with Crippen molar-refractivity contribution in [2.75, 3.05) is 69.2 Å². The maximum absolute atomic E-state index is 14.4. The van der Waals surface area contributed by atoms with Crippen LogP contribution in [-0.2, 0) is 19.1 Å². The van der Waals surface area contributed by atoms with Crippen LogP contribution in [-0.4, -0.2) is 97.3 Å². The summed E-state index contributed by atoms with van der Waals surface area (Å²) in [5.41, 5.74) is 6.41. The molecule has 9 heteroatoms. The molecule has 2 aliphatic heterocycles. The molecule has 2 unspecified atom stereocenters. The fourth-order valence-electron chi connectivity index (χ4n) is 8.47. The van der Waals surface area contributed by atoms with Gasteiger partial charge >= 0.3 is 5.97 Å². The third kappa shape index (κ3) is 12.7. The summed E-state index contributed by atoms with van der Waals surface area (Å²) < 4.78 is 6.92. The van der Waals surface area contributed by atoms with Gasteiger partial charge in [0.2, 0.25) is 5.91 Å². The van der Waals surface area contributed by atoms with Crippen molar-refractivity contribution in [3.05, 3.63) is 58.7 Å². The molecule has 2 atom stereocenters. The zero-order chi connectivity index (χ0) is 37.3. The van der Waals surface area contributed by atoms with Crippen LogP contribution in [0.25, 0.3) is 0 Å². The number of ether oxygens (including phenoxy) is 1. The number of unbranched alkanes of at least 4 members (excludes halogenated alkanes) is 2. The number of fused-ring (bicyclic) bond motifs is 1. The van der Waals surface area contributed by atoms with Gasteiger partial charge in [-0.2, -0.15) is 0 Å². The van der Waals surface area contributed by atoms with Gasteiger partial charge < -0.3 is 24.5 Å². The molecule has 52 heavy (non-hydrogen) atoms. The van der Waals surface area contributed by atoms with Gasteiger partial charge in [0.05, 0.1) is 32.3 Å². The number of hydrogen-bond donors (Lipinski definition) is 2. The molecule has 0 aromatic heterocycles. The van der Waals surface area contributed by atoms with Crippen LogP contribution >= 0.6 is 0 Å². The summed E-state index contributed by atoms with van der Waals surface area (Å²) >= 11 is 0. The van der Waals surface area contributed by atoms with Gasteiger partial charge in [-0.15, -0.1) is 0 Å². The number of anilines is 2. The topological polar surface area (TPSA) is 99.2 Å². The number of nitrogens with one attached hydrogen (secondary N) is 1. The summed E-state index contributed by atoms with van der Waals surface area (Å²) in [5, 5.41) is 12.5. The van der Waals surface area contributed by atoms with Gasteiger partial charge in [-0.3, -0.25) is 19.3 Å². The number of carboxylic acids is 1. The molecule has 4 rings (SSSR count). The van der Waals surface area contributed by atoms with Gasteiger partial charge in [-0.05, 0) is 114 Å². The maximum Gasteiger partial charge on any atom is 0.303 e. The Labute approximate surface area is 313 Å². The molecule has 0 bridgehead atoms. The highest BCUT2D eigenvalue weighted by molar-refractivity contribution is 5.98. The van der Waals surface area contributed by atoms with E-state index in [0.717, 1.165) is 150 Å². The Balaban J connectivity index is 1.50. The summed E-state index contributed by atoms with van der Waals surface area (Å²) in [6.45, 7) is 15.2. The van der Waals surface area contributed by atoms with E-state index in [1.165, 1.54) is 0 Å². The number of rotatable bonds is 10. The zero-order valence-electron chi connectivity index (χ0n) is 32.7. The number of benzene rings is 2. The van der Waals surface area contributed by atoms with E-state index in [0.29, 0.717) is 30.7 Å². The zero-order valence-corrected chi connectivity index (χ0v) is 32.7. The van der Waals surface area contributed by atoms with E-state index in [9.17, 15) is 19.5 Å². The lowest BCUT2D eigenvalue weighted by Gasteiger charge is -2.39. The molecule has 2 aromatic rings. The maximum atomic E-state index is 14.4. The van der Waals surface area contributed by atoms with E-state index in [4.69, 9.17) is 4.74 Å². The van der Waals surface area contributed by atoms with Gasteiger partial charge in [0.25, 0.3) is 5.91 Å². The second kappa shape index (κ2) is 21.4. The minimum Gasteiger partial charge on any atom is -0.481 e. The molecule has 0 spiro atoms. The second-order valence-corrected chi connectivity index (χ2v) is 15.6. The molecule has 2 amide bonds. The quantitative estimate of drug-likeness (QED) is 0.191. The number of hydrogen-bond acceptors (Lipinski definition) is 5. The minimum absolute atomic E-state index is 0.0367. The number of amides is 2.